The van der Waals surface area contributed by atoms with Crippen LogP contribution in [-0.2, 0) is 24.4 Å². The minimum absolute atomic E-state index is 0.0533. The maximum absolute atomic E-state index is 13.6. The number of hydrogen-bond acceptors (Lipinski definition) is 4. The molecule has 36 heavy (non-hydrogen) atoms. The van der Waals surface area contributed by atoms with Gasteiger partial charge in [-0.25, -0.2) is 4.79 Å². The number of nitrogens with one attached hydrogen (secondary N) is 1. The van der Waals surface area contributed by atoms with Gasteiger partial charge in [-0.3, -0.25) is 14.5 Å². The molecule has 186 valence electrons. The van der Waals surface area contributed by atoms with E-state index in [9.17, 15) is 27.9 Å². The van der Waals surface area contributed by atoms with Gasteiger partial charge in [0.15, 0.2) is 5.69 Å². The molecule has 12 heteroatoms. The first-order chi connectivity index (χ1) is 17.0. The van der Waals surface area contributed by atoms with E-state index in [1.807, 2.05) is 0 Å². The Hall–Kier alpha value is -3.63. The maximum atomic E-state index is 13.6. The summed E-state index contributed by atoms with van der Waals surface area (Å²) in [7, 11) is 1.39. The summed E-state index contributed by atoms with van der Waals surface area (Å²) in [4.78, 5) is 29.0. The van der Waals surface area contributed by atoms with E-state index in [1.54, 1.807) is 18.2 Å². The number of aliphatic carboxylic acids is 1. The number of pyridine rings is 1. The summed E-state index contributed by atoms with van der Waals surface area (Å²) in [6.07, 6.45) is -2.17. The first kappa shape index (κ1) is 25.5. The van der Waals surface area contributed by atoms with Crippen LogP contribution in [0, 0.1) is 0 Å². The van der Waals surface area contributed by atoms with Crippen LogP contribution in [0.15, 0.2) is 54.9 Å². The molecule has 2 aromatic carbocycles. The number of amides is 1. The van der Waals surface area contributed by atoms with Crippen molar-refractivity contribution in [1.29, 1.82) is 0 Å². The average molecular weight is 537 g/mol. The summed E-state index contributed by atoms with van der Waals surface area (Å²) >= 11 is 12.1. The van der Waals surface area contributed by atoms with Gasteiger partial charge in [0.25, 0.3) is 5.91 Å². The quantitative estimate of drug-likeness (QED) is 0.344. The number of carboxylic acids is 1. The van der Waals surface area contributed by atoms with Gasteiger partial charge in [0.1, 0.15) is 6.04 Å². The number of carbonyl (C=O) groups excluding carboxylic acids is 1. The second-order valence-electron chi connectivity index (χ2n) is 7.90. The lowest BCUT2D eigenvalue weighted by Crippen LogP contribution is -2.42. The molecule has 4 aromatic rings. The van der Waals surface area contributed by atoms with Gasteiger partial charge in [-0.2, -0.15) is 18.3 Å². The summed E-state index contributed by atoms with van der Waals surface area (Å²) in [6, 6.07) is 9.14. The highest BCUT2D eigenvalue weighted by Gasteiger charge is 2.37. The number of fused-ring (bicyclic) bond motifs is 1. The number of aromatic nitrogens is 3. The Morgan fingerprint density at radius 2 is 1.78 bits per heavy atom. The van der Waals surface area contributed by atoms with E-state index in [-0.39, 0.29) is 33.2 Å². The number of hydrogen-bond donors (Lipinski definition) is 2. The fraction of sp³-hybridized carbons (Fsp3) is 0.167. The summed E-state index contributed by atoms with van der Waals surface area (Å²) < 4.78 is 41.8. The lowest BCUT2D eigenvalue weighted by molar-refractivity contribution is -0.141. The first-order valence-corrected chi connectivity index (χ1v) is 11.2. The number of carboxylic acid groups (broad SMARTS) is 1. The smallest absolute Gasteiger partial charge is 0.435 e. The monoisotopic (exact) mass is 536 g/mol. The average Bonchev–Trinajstić information content (AvgIpc) is 3.20. The Morgan fingerprint density at radius 3 is 2.42 bits per heavy atom. The third kappa shape index (κ3) is 5.00. The minimum Gasteiger partial charge on any atom is -0.480 e. The predicted molar refractivity (Wildman–Crippen MR) is 128 cm³/mol. The van der Waals surface area contributed by atoms with Gasteiger partial charge in [-0.1, -0.05) is 47.5 Å². The van der Waals surface area contributed by atoms with Crippen molar-refractivity contribution < 1.29 is 27.9 Å². The molecular weight excluding hydrogens is 520 g/mol. The van der Waals surface area contributed by atoms with E-state index in [1.165, 1.54) is 43.7 Å². The molecule has 0 saturated heterocycles. The Balaban J connectivity index is 1.73. The first-order valence-electron chi connectivity index (χ1n) is 10.4. The van der Waals surface area contributed by atoms with Crippen molar-refractivity contribution in [1.82, 2.24) is 20.1 Å². The standard InChI is InChI=1S/C24H17Cl2F3N4O3/c1-33-11-15(21(32-33)24(27,28)29)13-8-7-12(20-14(13)4-3-9-30-20)10-18(23(35)36)31-22(34)19-16(25)5-2-6-17(19)26/h2-9,11,18H,10H2,1H3,(H,31,34)(H,35,36)/t18-/m0/s1. The zero-order valence-corrected chi connectivity index (χ0v) is 20.0. The number of rotatable bonds is 6. The van der Waals surface area contributed by atoms with E-state index in [4.69, 9.17) is 23.2 Å². The SMILES string of the molecule is Cn1cc(-c2ccc(C[C@H](NC(=O)c3c(Cl)cccc3Cl)C(=O)O)c3ncccc23)c(C(F)(F)F)n1. The number of aryl methyl sites for hydroxylation is 1. The van der Waals surface area contributed by atoms with Crippen LogP contribution in [0.4, 0.5) is 13.2 Å². The van der Waals surface area contributed by atoms with Crippen LogP contribution in [0.3, 0.4) is 0 Å². The Labute approximate surface area is 212 Å². The molecule has 0 saturated carbocycles. The second-order valence-corrected chi connectivity index (χ2v) is 8.71. The molecule has 4 rings (SSSR count). The molecule has 2 heterocycles. The van der Waals surface area contributed by atoms with Crippen LogP contribution < -0.4 is 5.32 Å². The van der Waals surface area contributed by atoms with Crippen molar-refractivity contribution in [3.8, 4) is 11.1 Å². The van der Waals surface area contributed by atoms with Gasteiger partial charge < -0.3 is 10.4 Å². The molecule has 0 bridgehead atoms. The molecule has 0 spiro atoms. The Morgan fingerprint density at radius 1 is 1.08 bits per heavy atom. The topological polar surface area (TPSA) is 97.1 Å². The van der Waals surface area contributed by atoms with E-state index in [0.29, 0.717) is 16.5 Å². The van der Waals surface area contributed by atoms with Gasteiger partial charge in [-0.05, 0) is 29.3 Å². The highest BCUT2D eigenvalue weighted by atomic mass is 35.5. The molecule has 0 radical (unpaired) electrons. The van der Waals surface area contributed by atoms with Crippen molar-refractivity contribution in [2.24, 2.45) is 7.05 Å². The van der Waals surface area contributed by atoms with Crippen LogP contribution in [0.25, 0.3) is 22.0 Å². The van der Waals surface area contributed by atoms with Crippen molar-refractivity contribution >= 4 is 46.0 Å². The van der Waals surface area contributed by atoms with Gasteiger partial charge in [0.05, 0.1) is 21.1 Å². The van der Waals surface area contributed by atoms with E-state index < -0.39 is 29.8 Å². The van der Waals surface area contributed by atoms with Crippen LogP contribution in [0.1, 0.15) is 21.6 Å². The number of benzene rings is 2. The fourth-order valence-electron chi connectivity index (χ4n) is 3.89. The summed E-state index contributed by atoms with van der Waals surface area (Å²) in [5.41, 5.74) is -0.308. The molecule has 2 N–H and O–H groups in total. The van der Waals surface area contributed by atoms with Gasteiger partial charge >= 0.3 is 12.1 Å². The molecule has 1 amide bonds. The van der Waals surface area contributed by atoms with Gasteiger partial charge in [0, 0.05) is 36.8 Å². The van der Waals surface area contributed by atoms with Crippen LogP contribution in [0.2, 0.25) is 10.0 Å². The van der Waals surface area contributed by atoms with Crippen molar-refractivity contribution in [2.75, 3.05) is 0 Å². The number of alkyl halides is 3. The molecule has 1 atom stereocenters. The largest absolute Gasteiger partial charge is 0.480 e. The maximum Gasteiger partial charge on any atom is 0.435 e. The molecule has 2 aromatic heterocycles. The molecule has 0 unspecified atom stereocenters. The van der Waals surface area contributed by atoms with Crippen molar-refractivity contribution in [2.45, 2.75) is 18.6 Å². The lowest BCUT2D eigenvalue weighted by atomic mass is 9.95. The summed E-state index contributed by atoms with van der Waals surface area (Å²) in [6.45, 7) is 0. The minimum atomic E-state index is -4.68. The highest BCUT2D eigenvalue weighted by Crippen LogP contribution is 2.39. The van der Waals surface area contributed by atoms with Crippen LogP contribution in [0.5, 0.6) is 0 Å². The molecular formula is C24H17Cl2F3N4O3. The Kier molecular flexibility index (Phi) is 6.92. The van der Waals surface area contributed by atoms with Gasteiger partial charge in [0.2, 0.25) is 0 Å². The van der Waals surface area contributed by atoms with Crippen LogP contribution in [-0.4, -0.2) is 37.8 Å². The molecule has 7 nitrogen and oxygen atoms in total. The molecule has 0 aliphatic heterocycles. The third-order valence-electron chi connectivity index (χ3n) is 5.46. The van der Waals surface area contributed by atoms with Crippen molar-refractivity contribution in [3.05, 3.63) is 81.7 Å². The molecule has 0 aliphatic carbocycles. The van der Waals surface area contributed by atoms with E-state index in [0.717, 1.165) is 4.68 Å². The zero-order valence-electron chi connectivity index (χ0n) is 18.5. The van der Waals surface area contributed by atoms with E-state index in [2.05, 4.69) is 15.4 Å². The second kappa shape index (κ2) is 9.79. The van der Waals surface area contributed by atoms with Crippen LogP contribution >= 0.6 is 23.2 Å². The highest BCUT2D eigenvalue weighted by molar-refractivity contribution is 6.39. The lowest BCUT2D eigenvalue weighted by Gasteiger charge is -2.17. The fourth-order valence-corrected chi connectivity index (χ4v) is 4.46. The number of carbonyl (C=O) groups is 2. The number of nitrogens with zero attached hydrogens (tertiary/aromatic N) is 3. The molecule has 0 aliphatic rings. The zero-order chi connectivity index (χ0) is 26.2. The predicted octanol–water partition coefficient (Wildman–Crippen LogP) is 5.39. The Bertz CT molecular complexity index is 1470. The van der Waals surface area contributed by atoms with E-state index >= 15 is 0 Å². The molecule has 0 fully saturated rings. The normalized spacial score (nSPS) is 12.5. The summed E-state index contributed by atoms with van der Waals surface area (Å²) in [5, 5.41) is 16.2. The third-order valence-corrected chi connectivity index (χ3v) is 6.09. The number of halogens is 5. The summed E-state index contributed by atoms with van der Waals surface area (Å²) in [5.74, 6) is -2.11. The van der Waals surface area contributed by atoms with Crippen molar-refractivity contribution in [3.63, 3.8) is 0 Å². The van der Waals surface area contributed by atoms with Gasteiger partial charge in [-0.15, -0.1) is 0 Å².